The molecule has 8 heteroatoms. The van der Waals surface area contributed by atoms with E-state index in [0.717, 1.165) is 28.3 Å². The molecule has 2 aromatic rings. The molecule has 5 rings (SSSR count). The van der Waals surface area contributed by atoms with Crippen LogP contribution in [-0.4, -0.2) is 36.7 Å². The van der Waals surface area contributed by atoms with Gasteiger partial charge in [0.1, 0.15) is 6.61 Å². The smallest absolute Gasteiger partial charge is 0.336 e. The van der Waals surface area contributed by atoms with Crippen LogP contribution in [0.4, 0.5) is 0 Å². The molecule has 1 aliphatic carbocycles. The third-order valence-electron chi connectivity index (χ3n) is 6.79. The van der Waals surface area contributed by atoms with Crippen molar-refractivity contribution in [1.82, 2.24) is 5.32 Å². The van der Waals surface area contributed by atoms with Gasteiger partial charge in [0.2, 0.25) is 6.79 Å². The number of Topliss-reactive ketones (excluding diaryl/α,β-unsaturated/α-hetero) is 1. The Kier molecular flexibility index (Phi) is 7.30. The summed E-state index contributed by atoms with van der Waals surface area (Å²) in [5.74, 6) is 1.93. The van der Waals surface area contributed by atoms with Gasteiger partial charge in [-0.3, -0.25) is 4.79 Å². The van der Waals surface area contributed by atoms with Crippen molar-refractivity contribution in [2.45, 2.75) is 38.5 Å². The Balaban J connectivity index is 1.54. The largest absolute Gasteiger partial charge is 0.461 e. The maximum absolute atomic E-state index is 13.7. The topological polar surface area (TPSA) is 73.9 Å². The number of ketones is 1. The molecule has 2 atom stereocenters. The van der Waals surface area contributed by atoms with Crippen molar-refractivity contribution in [1.29, 1.82) is 0 Å². The first-order valence-electron chi connectivity index (χ1n) is 12.1. The van der Waals surface area contributed by atoms with Gasteiger partial charge in [-0.05, 0) is 54.3 Å². The highest BCUT2D eigenvalue weighted by molar-refractivity contribution is 7.99. The Hall–Kier alpha value is -2.90. The molecule has 2 aliphatic heterocycles. The van der Waals surface area contributed by atoms with Crippen molar-refractivity contribution in [2.75, 3.05) is 24.9 Å². The van der Waals surface area contributed by atoms with Gasteiger partial charge in [0, 0.05) is 40.1 Å². The summed E-state index contributed by atoms with van der Waals surface area (Å²) in [7, 11) is 0. The molecular weight excluding hydrogens is 498 g/mol. The number of carbonyl (C=O) groups is 2. The first kappa shape index (κ1) is 24.8. The fourth-order valence-corrected chi connectivity index (χ4v) is 5.96. The van der Waals surface area contributed by atoms with Crippen LogP contribution < -0.4 is 14.8 Å². The molecule has 36 heavy (non-hydrogen) atoms. The SMILES string of the molecule is CCSCCOC(=O)C1=C(C)NC2=C(C(=O)C[C@@H](c3ccccc3Cl)C2)[C@@H]1c1ccc2c(c1)OCO2. The first-order chi connectivity index (χ1) is 17.5. The summed E-state index contributed by atoms with van der Waals surface area (Å²) in [6.45, 7) is 4.40. The zero-order valence-electron chi connectivity index (χ0n) is 20.3. The number of esters is 1. The van der Waals surface area contributed by atoms with Crippen LogP contribution >= 0.6 is 23.4 Å². The molecule has 3 aliphatic rings. The molecule has 0 spiro atoms. The van der Waals surface area contributed by atoms with Gasteiger partial charge in [-0.15, -0.1) is 0 Å². The first-order valence-corrected chi connectivity index (χ1v) is 13.6. The van der Waals surface area contributed by atoms with E-state index in [-0.39, 0.29) is 18.5 Å². The van der Waals surface area contributed by atoms with Crippen LogP contribution in [0.5, 0.6) is 11.5 Å². The second-order valence-corrected chi connectivity index (χ2v) is 10.8. The van der Waals surface area contributed by atoms with Gasteiger partial charge < -0.3 is 19.5 Å². The predicted molar refractivity (Wildman–Crippen MR) is 141 cm³/mol. The number of carbonyl (C=O) groups excluding carboxylic acids is 2. The molecular formula is C28H28ClNO5S. The Bertz CT molecular complexity index is 1270. The highest BCUT2D eigenvalue weighted by atomic mass is 35.5. The average molecular weight is 526 g/mol. The number of benzene rings is 2. The highest BCUT2D eigenvalue weighted by Gasteiger charge is 2.42. The van der Waals surface area contributed by atoms with Gasteiger partial charge in [-0.1, -0.05) is 42.8 Å². The van der Waals surface area contributed by atoms with E-state index < -0.39 is 11.9 Å². The summed E-state index contributed by atoms with van der Waals surface area (Å²) in [5, 5.41) is 4.04. The summed E-state index contributed by atoms with van der Waals surface area (Å²) in [6.07, 6.45) is 0.943. The summed E-state index contributed by atoms with van der Waals surface area (Å²) >= 11 is 8.19. The number of nitrogens with one attached hydrogen (secondary N) is 1. The second-order valence-electron chi connectivity index (χ2n) is 8.98. The lowest BCUT2D eigenvalue weighted by atomic mass is 9.71. The molecule has 6 nitrogen and oxygen atoms in total. The third kappa shape index (κ3) is 4.74. The molecule has 2 heterocycles. The van der Waals surface area contributed by atoms with E-state index in [2.05, 4.69) is 12.2 Å². The molecule has 0 saturated heterocycles. The number of dihydropyridines is 1. The normalized spacial score (nSPS) is 20.8. The Morgan fingerprint density at radius 1 is 1.17 bits per heavy atom. The average Bonchev–Trinajstić information content (AvgIpc) is 3.34. The lowest BCUT2D eigenvalue weighted by molar-refractivity contribution is -0.138. The molecule has 0 saturated carbocycles. The van der Waals surface area contributed by atoms with Crippen LogP contribution in [0.3, 0.4) is 0 Å². The fourth-order valence-electron chi connectivity index (χ4n) is 5.18. The van der Waals surface area contributed by atoms with Gasteiger partial charge in [-0.2, -0.15) is 11.8 Å². The van der Waals surface area contributed by atoms with Crippen molar-refractivity contribution >= 4 is 35.1 Å². The number of hydrogen-bond acceptors (Lipinski definition) is 7. The Labute approximate surface area is 220 Å². The van der Waals surface area contributed by atoms with Crippen LogP contribution in [0.1, 0.15) is 49.7 Å². The molecule has 1 N–H and O–H groups in total. The van der Waals surface area contributed by atoms with E-state index in [1.807, 2.05) is 49.4 Å². The number of ether oxygens (including phenoxy) is 3. The van der Waals surface area contributed by atoms with Gasteiger partial charge >= 0.3 is 5.97 Å². The van der Waals surface area contributed by atoms with E-state index in [9.17, 15) is 9.59 Å². The molecule has 0 aromatic heterocycles. The molecule has 2 aromatic carbocycles. The van der Waals surface area contributed by atoms with E-state index >= 15 is 0 Å². The van der Waals surface area contributed by atoms with Gasteiger partial charge in [0.05, 0.1) is 5.57 Å². The van der Waals surface area contributed by atoms with Crippen molar-refractivity contribution in [3.63, 3.8) is 0 Å². The molecule has 0 amide bonds. The van der Waals surface area contributed by atoms with Crippen molar-refractivity contribution in [3.05, 3.63) is 81.2 Å². The van der Waals surface area contributed by atoms with Crippen molar-refractivity contribution in [2.24, 2.45) is 0 Å². The molecule has 0 unspecified atom stereocenters. The number of thioether (sulfide) groups is 1. The molecule has 188 valence electrons. The maximum atomic E-state index is 13.7. The summed E-state index contributed by atoms with van der Waals surface area (Å²) in [5.41, 5.74) is 4.34. The lowest BCUT2D eigenvalue weighted by Crippen LogP contribution is -2.36. The standard InChI is InChI=1S/C28H28ClNO5S/c1-3-36-11-10-33-28(32)25-16(2)30-21-12-18(19-6-4-5-7-20(19)29)13-22(31)27(21)26(25)17-8-9-23-24(14-17)35-15-34-23/h4-9,14,18,26,30H,3,10-13,15H2,1-2H3/t18-,26+/m0/s1. The fraction of sp³-hybridized carbons (Fsp3) is 0.357. The van der Waals surface area contributed by atoms with Crippen LogP contribution in [0.2, 0.25) is 5.02 Å². The number of hydrogen-bond donors (Lipinski definition) is 1. The van der Waals surface area contributed by atoms with Crippen LogP contribution in [0.15, 0.2) is 65.0 Å². The molecule has 0 fully saturated rings. The predicted octanol–water partition coefficient (Wildman–Crippen LogP) is 5.73. The highest BCUT2D eigenvalue weighted by Crippen LogP contribution is 2.48. The molecule has 0 bridgehead atoms. The third-order valence-corrected chi connectivity index (χ3v) is 8.00. The van der Waals surface area contributed by atoms with Gasteiger partial charge in [0.15, 0.2) is 17.3 Å². The van der Waals surface area contributed by atoms with E-state index in [0.29, 0.717) is 52.8 Å². The number of halogens is 1. The maximum Gasteiger partial charge on any atom is 0.336 e. The monoisotopic (exact) mass is 525 g/mol. The summed E-state index contributed by atoms with van der Waals surface area (Å²) < 4.78 is 16.7. The minimum atomic E-state index is -0.554. The van der Waals surface area contributed by atoms with Crippen molar-refractivity contribution < 1.29 is 23.8 Å². The zero-order valence-corrected chi connectivity index (χ0v) is 21.8. The van der Waals surface area contributed by atoms with Crippen molar-refractivity contribution in [3.8, 4) is 11.5 Å². The van der Waals surface area contributed by atoms with Crippen LogP contribution in [0.25, 0.3) is 0 Å². The summed E-state index contributed by atoms with van der Waals surface area (Å²) in [4.78, 5) is 27.1. The van der Waals surface area contributed by atoms with E-state index in [1.54, 1.807) is 11.8 Å². The summed E-state index contributed by atoms with van der Waals surface area (Å²) in [6, 6.07) is 13.2. The van der Waals surface area contributed by atoms with E-state index in [1.165, 1.54) is 0 Å². The van der Waals surface area contributed by atoms with E-state index in [4.69, 9.17) is 25.8 Å². The number of rotatable bonds is 7. The molecule has 0 radical (unpaired) electrons. The second kappa shape index (κ2) is 10.6. The quantitative estimate of drug-likeness (QED) is 0.365. The zero-order chi connectivity index (χ0) is 25.2. The Morgan fingerprint density at radius 2 is 1.97 bits per heavy atom. The van der Waals surface area contributed by atoms with Gasteiger partial charge in [0.25, 0.3) is 0 Å². The van der Waals surface area contributed by atoms with Crippen LogP contribution in [0, 0.1) is 0 Å². The lowest BCUT2D eigenvalue weighted by Gasteiger charge is -2.37. The van der Waals surface area contributed by atoms with Gasteiger partial charge in [-0.25, -0.2) is 4.79 Å². The minimum Gasteiger partial charge on any atom is -0.461 e. The minimum absolute atomic E-state index is 0.00400. The van der Waals surface area contributed by atoms with Crippen LogP contribution in [-0.2, 0) is 14.3 Å². The number of allylic oxidation sites excluding steroid dienone is 3. The number of fused-ring (bicyclic) bond motifs is 1. The Morgan fingerprint density at radius 3 is 2.78 bits per heavy atom.